The maximum atomic E-state index is 12.8. The molecule has 0 bridgehead atoms. The molecule has 1 fully saturated rings. The van der Waals surface area contributed by atoms with Gasteiger partial charge in [-0.2, -0.15) is 0 Å². The number of benzene rings is 1. The zero-order valence-electron chi connectivity index (χ0n) is 14.0. The Balaban J connectivity index is 1.82. The van der Waals surface area contributed by atoms with Crippen LogP contribution in [0.25, 0.3) is 0 Å². The molecule has 1 aromatic rings. The smallest absolute Gasteiger partial charge is 0.338 e. The lowest BCUT2D eigenvalue weighted by Gasteiger charge is -2.29. The molecule has 128 valence electrons. The molecule has 1 aliphatic carbocycles. The lowest BCUT2D eigenvalue weighted by atomic mass is 9.95. The van der Waals surface area contributed by atoms with E-state index in [1.807, 2.05) is 30.3 Å². The third-order valence-electron chi connectivity index (χ3n) is 4.70. The van der Waals surface area contributed by atoms with Crippen molar-refractivity contribution in [3.63, 3.8) is 0 Å². The summed E-state index contributed by atoms with van der Waals surface area (Å²) in [5.41, 5.74) is 1.93. The lowest BCUT2D eigenvalue weighted by molar-refractivity contribution is -0.145. The molecule has 2 amide bonds. The monoisotopic (exact) mass is 328 g/mol. The van der Waals surface area contributed by atoms with Crippen molar-refractivity contribution in [3.05, 3.63) is 47.2 Å². The molecular weight excluding hydrogens is 304 g/mol. The normalized spacial score (nSPS) is 22.4. The van der Waals surface area contributed by atoms with Gasteiger partial charge in [-0.05, 0) is 38.2 Å². The fourth-order valence-corrected chi connectivity index (χ4v) is 3.43. The van der Waals surface area contributed by atoms with Crippen LogP contribution in [-0.2, 0) is 9.53 Å². The zero-order chi connectivity index (χ0) is 16.9. The third-order valence-corrected chi connectivity index (χ3v) is 4.70. The Labute approximate surface area is 142 Å². The second-order valence-corrected chi connectivity index (χ2v) is 6.50. The molecule has 0 radical (unpaired) electrons. The standard InChI is InChI=1S/C19H24N2O3/c1-13-16(18(22)24-15-11-7-2-3-8-12-15)17(21-19(23)20-13)14-9-5-4-6-10-14/h4-6,9-10,15,17H,2-3,7-8,11-12H2,1H3,(H2,20,21,23)/t17-/m1/s1. The Bertz CT molecular complexity index is 631. The topological polar surface area (TPSA) is 67.4 Å². The Morgan fingerprint density at radius 2 is 1.75 bits per heavy atom. The van der Waals surface area contributed by atoms with Gasteiger partial charge in [-0.15, -0.1) is 0 Å². The van der Waals surface area contributed by atoms with Crippen LogP contribution in [-0.4, -0.2) is 18.1 Å². The van der Waals surface area contributed by atoms with Crippen molar-refractivity contribution in [1.82, 2.24) is 10.6 Å². The minimum absolute atomic E-state index is 0.0191. The van der Waals surface area contributed by atoms with Crippen molar-refractivity contribution in [3.8, 4) is 0 Å². The number of allylic oxidation sites excluding steroid dienone is 1. The van der Waals surface area contributed by atoms with E-state index in [0.29, 0.717) is 11.3 Å². The van der Waals surface area contributed by atoms with Crippen molar-refractivity contribution in [2.75, 3.05) is 0 Å². The first-order chi connectivity index (χ1) is 11.6. The van der Waals surface area contributed by atoms with E-state index in [1.165, 1.54) is 12.8 Å². The molecule has 1 aliphatic heterocycles. The van der Waals surface area contributed by atoms with Crippen LogP contribution in [0.5, 0.6) is 0 Å². The maximum absolute atomic E-state index is 12.8. The molecule has 1 heterocycles. The number of nitrogens with one attached hydrogen (secondary N) is 2. The molecule has 2 N–H and O–H groups in total. The quantitative estimate of drug-likeness (QED) is 0.658. The molecule has 5 nitrogen and oxygen atoms in total. The summed E-state index contributed by atoms with van der Waals surface area (Å²) in [4.78, 5) is 24.7. The highest BCUT2D eigenvalue weighted by Crippen LogP contribution is 2.29. The molecule has 24 heavy (non-hydrogen) atoms. The van der Waals surface area contributed by atoms with Gasteiger partial charge in [0.1, 0.15) is 6.10 Å². The number of rotatable bonds is 3. The van der Waals surface area contributed by atoms with E-state index in [-0.39, 0.29) is 18.1 Å². The van der Waals surface area contributed by atoms with Crippen LogP contribution < -0.4 is 10.6 Å². The Morgan fingerprint density at radius 3 is 2.42 bits per heavy atom. The summed E-state index contributed by atoms with van der Waals surface area (Å²) >= 11 is 0. The minimum atomic E-state index is -0.474. The zero-order valence-corrected chi connectivity index (χ0v) is 14.0. The highest BCUT2D eigenvalue weighted by molar-refractivity contribution is 5.95. The van der Waals surface area contributed by atoms with Gasteiger partial charge in [0.25, 0.3) is 0 Å². The molecule has 0 spiro atoms. The van der Waals surface area contributed by atoms with Crippen molar-refractivity contribution in [2.45, 2.75) is 57.6 Å². The predicted molar refractivity (Wildman–Crippen MR) is 91.1 cm³/mol. The number of carbonyl (C=O) groups is 2. The second kappa shape index (κ2) is 7.51. The van der Waals surface area contributed by atoms with Crippen LogP contribution in [0.3, 0.4) is 0 Å². The van der Waals surface area contributed by atoms with Gasteiger partial charge < -0.3 is 15.4 Å². The van der Waals surface area contributed by atoms with Crippen molar-refractivity contribution in [1.29, 1.82) is 0 Å². The molecule has 1 aromatic carbocycles. The second-order valence-electron chi connectivity index (χ2n) is 6.50. The first kappa shape index (κ1) is 16.6. The Morgan fingerprint density at radius 1 is 1.08 bits per heavy atom. The highest BCUT2D eigenvalue weighted by Gasteiger charge is 2.33. The van der Waals surface area contributed by atoms with E-state index in [0.717, 1.165) is 31.2 Å². The third kappa shape index (κ3) is 3.78. The molecule has 2 aliphatic rings. The molecule has 0 aromatic heterocycles. The van der Waals surface area contributed by atoms with Crippen LogP contribution in [0.15, 0.2) is 41.6 Å². The van der Waals surface area contributed by atoms with Gasteiger partial charge in [-0.25, -0.2) is 9.59 Å². The lowest BCUT2D eigenvalue weighted by Crippen LogP contribution is -2.45. The van der Waals surface area contributed by atoms with Gasteiger partial charge in [0.2, 0.25) is 0 Å². The van der Waals surface area contributed by atoms with Gasteiger partial charge in [0.15, 0.2) is 0 Å². The molecule has 0 saturated heterocycles. The molecule has 5 heteroatoms. The molecule has 1 atom stereocenters. The largest absolute Gasteiger partial charge is 0.459 e. The van der Waals surface area contributed by atoms with E-state index in [9.17, 15) is 9.59 Å². The van der Waals surface area contributed by atoms with E-state index < -0.39 is 6.04 Å². The molecule has 0 unspecified atom stereocenters. The van der Waals surface area contributed by atoms with Crippen LogP contribution in [0.1, 0.15) is 57.1 Å². The van der Waals surface area contributed by atoms with Gasteiger partial charge in [-0.3, -0.25) is 0 Å². The number of hydrogen-bond donors (Lipinski definition) is 2. The number of esters is 1. The number of hydrogen-bond acceptors (Lipinski definition) is 3. The Hall–Kier alpha value is -2.30. The van der Waals surface area contributed by atoms with E-state index in [4.69, 9.17) is 4.74 Å². The van der Waals surface area contributed by atoms with Crippen LogP contribution in [0, 0.1) is 0 Å². The summed E-state index contributed by atoms with van der Waals surface area (Å²) in [6, 6.07) is 8.74. The average Bonchev–Trinajstić information content (AvgIpc) is 2.83. The SMILES string of the molecule is CC1=C(C(=O)OC2CCCCCC2)[C@@H](c2ccccc2)NC(=O)N1. The van der Waals surface area contributed by atoms with Gasteiger partial charge in [0.05, 0.1) is 11.6 Å². The number of urea groups is 1. The highest BCUT2D eigenvalue weighted by atomic mass is 16.5. The van der Waals surface area contributed by atoms with Crippen LogP contribution in [0.4, 0.5) is 4.79 Å². The summed E-state index contributed by atoms with van der Waals surface area (Å²) in [7, 11) is 0. The first-order valence-corrected chi connectivity index (χ1v) is 8.69. The van der Waals surface area contributed by atoms with E-state index >= 15 is 0 Å². The summed E-state index contributed by atoms with van der Waals surface area (Å²) in [5, 5.41) is 5.52. The minimum Gasteiger partial charge on any atom is -0.459 e. The summed E-state index contributed by atoms with van der Waals surface area (Å²) < 4.78 is 5.78. The maximum Gasteiger partial charge on any atom is 0.338 e. The van der Waals surface area contributed by atoms with Crippen molar-refractivity contribution < 1.29 is 14.3 Å². The molecular formula is C19H24N2O3. The summed E-state index contributed by atoms with van der Waals surface area (Å²) in [6.45, 7) is 1.75. The summed E-state index contributed by atoms with van der Waals surface area (Å²) in [5.74, 6) is -0.333. The molecule has 3 rings (SSSR count). The van der Waals surface area contributed by atoms with Gasteiger partial charge in [0, 0.05) is 5.70 Å². The van der Waals surface area contributed by atoms with E-state index in [1.54, 1.807) is 6.92 Å². The fourth-order valence-electron chi connectivity index (χ4n) is 3.43. The predicted octanol–water partition coefficient (Wildman–Crippen LogP) is 3.58. The first-order valence-electron chi connectivity index (χ1n) is 8.69. The van der Waals surface area contributed by atoms with Crippen molar-refractivity contribution in [2.24, 2.45) is 0 Å². The number of carbonyl (C=O) groups excluding carboxylic acids is 2. The average molecular weight is 328 g/mol. The number of amides is 2. The summed E-state index contributed by atoms with van der Waals surface area (Å²) in [6.07, 6.45) is 6.46. The fraction of sp³-hybridized carbons (Fsp3) is 0.474. The number of ether oxygens (including phenoxy) is 1. The van der Waals surface area contributed by atoms with Crippen LogP contribution >= 0.6 is 0 Å². The van der Waals surface area contributed by atoms with Gasteiger partial charge in [-0.1, -0.05) is 43.2 Å². The van der Waals surface area contributed by atoms with Gasteiger partial charge >= 0.3 is 12.0 Å². The van der Waals surface area contributed by atoms with E-state index in [2.05, 4.69) is 10.6 Å². The molecule has 1 saturated carbocycles. The van der Waals surface area contributed by atoms with Crippen molar-refractivity contribution >= 4 is 12.0 Å². The Kier molecular flexibility index (Phi) is 5.18. The van der Waals surface area contributed by atoms with Crippen LogP contribution in [0.2, 0.25) is 0 Å².